The van der Waals surface area contributed by atoms with Crippen molar-refractivity contribution in [2.24, 2.45) is 0 Å². The van der Waals surface area contributed by atoms with Crippen LogP contribution in [-0.4, -0.2) is 22.8 Å². The van der Waals surface area contributed by atoms with Crippen molar-refractivity contribution in [3.8, 4) is 117 Å². The topological polar surface area (TPSA) is 24.6 Å². The molecular formula is C132H87N5S. The van der Waals surface area contributed by atoms with Crippen LogP contribution < -0.4 is 0 Å². The second-order valence-electron chi connectivity index (χ2n) is 35.8. The quantitative estimate of drug-likeness (QED) is 0.110. The molecule has 28 rings (SSSR count). The zero-order valence-corrected chi connectivity index (χ0v) is 76.2. The molecule has 0 aliphatic heterocycles. The third kappa shape index (κ3) is 14.3. The highest BCUT2D eigenvalue weighted by atomic mass is 32.1. The molecule has 6 aromatic heterocycles. The Balaban J connectivity index is 0.000000108. The van der Waals surface area contributed by atoms with E-state index in [-0.39, 0.29) is 0 Å². The van der Waals surface area contributed by atoms with Crippen LogP contribution in [0.2, 0.25) is 0 Å². The normalized spacial score (nSPS) is 11.6. The van der Waals surface area contributed by atoms with E-state index in [1.807, 2.05) is 11.3 Å². The van der Waals surface area contributed by atoms with Gasteiger partial charge in [-0.1, -0.05) is 370 Å². The third-order valence-corrected chi connectivity index (χ3v) is 29.0. The number of aromatic nitrogens is 5. The maximum Gasteiger partial charge on any atom is 0.0547 e. The van der Waals surface area contributed by atoms with E-state index in [2.05, 4.69) is 551 Å². The van der Waals surface area contributed by atoms with Gasteiger partial charge in [0.25, 0.3) is 0 Å². The number of benzene rings is 22. The zero-order chi connectivity index (χ0) is 91.1. The van der Waals surface area contributed by atoms with Gasteiger partial charge in [0.15, 0.2) is 0 Å². The third-order valence-electron chi connectivity index (χ3n) is 27.9. The number of fused-ring (bicyclic) bond motifs is 18. The predicted molar refractivity (Wildman–Crippen MR) is 587 cm³/mol. The Hall–Kier alpha value is -17.9. The van der Waals surface area contributed by atoms with E-state index < -0.39 is 0 Å². The van der Waals surface area contributed by atoms with Gasteiger partial charge in [-0.2, -0.15) is 0 Å². The van der Waals surface area contributed by atoms with E-state index in [4.69, 9.17) is 0 Å². The van der Waals surface area contributed by atoms with Crippen LogP contribution in [0.5, 0.6) is 0 Å². The van der Waals surface area contributed by atoms with E-state index in [1.54, 1.807) is 0 Å². The summed E-state index contributed by atoms with van der Waals surface area (Å²) in [6, 6.07) is 191. The molecule has 0 atom stereocenters. The molecule has 0 saturated carbocycles. The Labute approximate surface area is 802 Å². The Morgan fingerprint density at radius 3 is 0.696 bits per heavy atom. The zero-order valence-electron chi connectivity index (χ0n) is 75.4. The maximum absolute atomic E-state index is 2.41. The van der Waals surface area contributed by atoms with Gasteiger partial charge in [-0.05, 0) is 247 Å². The Kier molecular flexibility index (Phi) is 20.1. The first-order valence-electron chi connectivity index (χ1n) is 47.3. The lowest BCUT2D eigenvalue weighted by Crippen LogP contribution is -1.95. The average molecular weight is 1780 g/mol. The smallest absolute Gasteiger partial charge is 0.0547 e. The maximum atomic E-state index is 2.41. The van der Waals surface area contributed by atoms with Crippen LogP contribution in [0.25, 0.3) is 247 Å². The molecule has 0 aliphatic carbocycles. The van der Waals surface area contributed by atoms with Crippen molar-refractivity contribution in [2.45, 2.75) is 0 Å². The minimum absolute atomic E-state index is 1.16. The van der Waals surface area contributed by atoms with Crippen LogP contribution in [-0.2, 0) is 0 Å². The second kappa shape index (κ2) is 34.3. The molecular weight excluding hydrogens is 1690 g/mol. The van der Waals surface area contributed by atoms with Gasteiger partial charge in [-0.25, -0.2) is 0 Å². The number of hydrogen-bond acceptors (Lipinski definition) is 1. The molecule has 5 nitrogen and oxygen atoms in total. The fourth-order valence-corrected chi connectivity index (χ4v) is 22.3. The van der Waals surface area contributed by atoms with Crippen LogP contribution in [0.15, 0.2) is 528 Å². The second-order valence-corrected chi connectivity index (χ2v) is 36.9. The van der Waals surface area contributed by atoms with Crippen molar-refractivity contribution < 1.29 is 0 Å². The number of para-hydroxylation sites is 7. The summed E-state index contributed by atoms with van der Waals surface area (Å²) in [4.78, 5) is 0. The van der Waals surface area contributed by atoms with Gasteiger partial charge < -0.3 is 22.8 Å². The summed E-state index contributed by atoms with van der Waals surface area (Å²) < 4.78 is 14.6. The van der Waals surface area contributed by atoms with E-state index >= 15 is 0 Å². The van der Waals surface area contributed by atoms with Crippen molar-refractivity contribution in [1.29, 1.82) is 0 Å². The molecule has 6 heterocycles. The highest BCUT2D eigenvalue weighted by Crippen LogP contribution is 2.45. The van der Waals surface area contributed by atoms with Crippen molar-refractivity contribution in [2.75, 3.05) is 0 Å². The van der Waals surface area contributed by atoms with Crippen molar-refractivity contribution in [3.05, 3.63) is 528 Å². The van der Waals surface area contributed by atoms with E-state index in [0.29, 0.717) is 0 Å². The Bertz CT molecular complexity index is 9320. The van der Waals surface area contributed by atoms with Crippen LogP contribution >= 0.6 is 11.3 Å². The van der Waals surface area contributed by atoms with Crippen molar-refractivity contribution in [1.82, 2.24) is 22.8 Å². The minimum Gasteiger partial charge on any atom is -0.309 e. The van der Waals surface area contributed by atoms with Gasteiger partial charge >= 0.3 is 0 Å². The predicted octanol–water partition coefficient (Wildman–Crippen LogP) is 36.2. The summed E-state index contributed by atoms with van der Waals surface area (Å²) in [7, 11) is 0. The first-order chi connectivity index (χ1) is 68.4. The van der Waals surface area contributed by atoms with Crippen LogP contribution in [0.4, 0.5) is 0 Å². The summed E-state index contributed by atoms with van der Waals surface area (Å²) in [5, 5.41) is 15.3. The standard InChI is InChI=1S/2C48H32N2.C36H23NS/c1-3-12-33(13-4-1)36-14-11-17-40(30-36)50-46-21-10-8-19-42(46)44-32-38(27-29-48(44)50)35-24-22-34(23-25-35)37-26-28-47-43(31-37)41-18-7-9-20-45(41)49(47)39-15-5-2-6-16-39;1-3-11-33(12-4-1)35-19-25-39(26-20-35)49-45-17-9-7-15-41(45)43-29-23-37(31-47(43)49)38-24-30-44-42-16-8-10-18-46(42)50(48(44)32-38)40-27-21-36(22-28-40)34-13-5-2-6-14-34;1-2-8-28(9-3-1)37-33-12-6-4-10-29(33)31-22-26(18-20-34(31)37)24-14-16-25(17-15-24)27-19-21-36-32(23-27)30-11-5-7-13-35(30)38-36/h2*1-32H;1-23H. The molecule has 0 unspecified atom stereocenters. The molecule has 646 valence electrons. The molecule has 0 spiro atoms. The molecule has 138 heavy (non-hydrogen) atoms. The van der Waals surface area contributed by atoms with Crippen LogP contribution in [0.3, 0.4) is 0 Å². The average Bonchev–Trinajstić information content (AvgIpc) is 1.59. The van der Waals surface area contributed by atoms with E-state index in [0.717, 1.165) is 11.4 Å². The van der Waals surface area contributed by atoms with Gasteiger partial charge in [-0.3, -0.25) is 0 Å². The first kappa shape index (κ1) is 80.9. The molecule has 0 saturated heterocycles. The van der Waals surface area contributed by atoms with Gasteiger partial charge in [0.2, 0.25) is 0 Å². The van der Waals surface area contributed by atoms with E-state index in [1.165, 1.54) is 235 Å². The summed E-state index contributed by atoms with van der Waals surface area (Å²) in [5.74, 6) is 0. The fourth-order valence-electron chi connectivity index (χ4n) is 21.2. The summed E-state index contributed by atoms with van der Waals surface area (Å²) in [6.45, 7) is 0. The van der Waals surface area contributed by atoms with Crippen molar-refractivity contribution >= 4 is 141 Å². The van der Waals surface area contributed by atoms with Crippen LogP contribution in [0.1, 0.15) is 0 Å². The Morgan fingerprint density at radius 2 is 0.312 bits per heavy atom. The van der Waals surface area contributed by atoms with Gasteiger partial charge in [0, 0.05) is 102 Å². The molecule has 0 fully saturated rings. The van der Waals surface area contributed by atoms with Gasteiger partial charge in [-0.15, -0.1) is 11.3 Å². The molecule has 28 aromatic rings. The Morgan fingerprint density at radius 1 is 0.101 bits per heavy atom. The molecule has 22 aromatic carbocycles. The lowest BCUT2D eigenvalue weighted by molar-refractivity contribution is 1.18. The number of hydrogen-bond donors (Lipinski definition) is 0. The summed E-state index contributed by atoms with van der Waals surface area (Å²) in [5.41, 5.74) is 37.5. The summed E-state index contributed by atoms with van der Waals surface area (Å²) in [6.07, 6.45) is 0. The first-order valence-corrected chi connectivity index (χ1v) is 48.1. The lowest BCUT2D eigenvalue weighted by Gasteiger charge is -2.12. The van der Waals surface area contributed by atoms with Crippen LogP contribution in [0, 0.1) is 0 Å². The SMILES string of the molecule is c1ccc(-c2ccc(-n3c4ccccc4c4ccc(-c5ccc6c7ccccc7n(-c7ccc(-c8ccccc8)cc7)c6c5)cc43)cc2)cc1.c1ccc(-c2cccc(-n3c4ccccc4c4cc(-c5ccc(-c6ccc7c(c6)c6ccccc6n7-c6ccccc6)cc5)ccc43)c2)cc1.c1ccc(-n2c3ccccc3c3cc(-c4ccc(-c5ccc6sc7ccccc7c6c5)cc4)ccc32)cc1. The largest absolute Gasteiger partial charge is 0.309 e. The monoisotopic (exact) mass is 1770 g/mol. The molecule has 0 aliphatic rings. The highest BCUT2D eigenvalue weighted by molar-refractivity contribution is 7.25. The van der Waals surface area contributed by atoms with Crippen molar-refractivity contribution in [3.63, 3.8) is 0 Å². The molecule has 0 amide bonds. The molecule has 0 N–H and O–H groups in total. The number of thiophene rings is 1. The lowest BCUT2D eigenvalue weighted by atomic mass is 9.98. The van der Waals surface area contributed by atoms with Gasteiger partial charge in [0.1, 0.15) is 0 Å². The number of nitrogens with zero attached hydrogens (tertiary/aromatic N) is 5. The summed E-state index contributed by atoms with van der Waals surface area (Å²) >= 11 is 1.87. The highest BCUT2D eigenvalue weighted by Gasteiger charge is 2.22. The van der Waals surface area contributed by atoms with Gasteiger partial charge in [0.05, 0.1) is 55.2 Å². The van der Waals surface area contributed by atoms with E-state index in [9.17, 15) is 0 Å². The molecule has 0 bridgehead atoms. The number of rotatable bonds is 13. The molecule has 6 heteroatoms. The molecule has 0 radical (unpaired) electrons. The minimum atomic E-state index is 1.16. The fraction of sp³-hybridized carbons (Fsp3) is 0.